The summed E-state index contributed by atoms with van der Waals surface area (Å²) in [5, 5.41) is 83.9. The van der Waals surface area contributed by atoms with Gasteiger partial charge in [0, 0.05) is 74.2 Å². The van der Waals surface area contributed by atoms with E-state index in [9.17, 15) is 50.5 Å². The standard InChI is InChI=1S/C61H90N2O23/c1-26-17-36-19-35(25-64)30(5)23-61(36)55(68)47(56(69)85-61)54(67)60(11)38(31(6)41(86-74)21-40(26)80-46-24-59(10,63(72)73)53(34(9)79-46)62-58(71)76-13)15-14-37-48(60)27(2)16-28(3)50(37)82-45-22-42(49(66)32(7)77-45)81-43-18-29(4)51(57(70)84-43)83-44-20-39(65)52(75-12)33(8)78-44/h14-15,17,19,27-30,32-34,36-46,48-53,57,64-67,70,74H,6,16,18,20-25H2,1-5,7-13H3,(H,62,71)/b26-17+,54-47?/t27-,28-,29+,30+,32-,33-,34+,36+,37-,38-,39+,40-,41?,42+,43-,44-,45-,46-,48+,49-,50-,51-,52-,53-,57+,59-,60+,61-/m0/s1. The highest BCUT2D eigenvalue weighted by atomic mass is 17.1. The summed E-state index contributed by atoms with van der Waals surface area (Å²) in [5.41, 5.74) is -4.72. The van der Waals surface area contributed by atoms with Gasteiger partial charge in [-0.3, -0.25) is 20.2 Å². The molecule has 7 N–H and O–H groups in total. The van der Waals surface area contributed by atoms with E-state index >= 15 is 4.79 Å². The van der Waals surface area contributed by atoms with Gasteiger partial charge in [0.15, 0.2) is 37.1 Å². The topological polar surface area (TPSA) is 339 Å². The number of fused-ring (bicyclic) bond motifs is 4. The predicted octanol–water partition coefficient (Wildman–Crippen LogP) is 5.25. The van der Waals surface area contributed by atoms with Crippen LogP contribution in [0.2, 0.25) is 0 Å². The Hall–Kier alpha value is -4.29. The number of carbonyl (C=O) groups excluding carboxylic acids is 3. The van der Waals surface area contributed by atoms with E-state index in [0.29, 0.717) is 17.6 Å². The molecule has 25 nitrogen and oxygen atoms in total. The van der Waals surface area contributed by atoms with Gasteiger partial charge >= 0.3 is 12.1 Å². The van der Waals surface area contributed by atoms with E-state index in [1.165, 1.54) is 14.0 Å². The van der Waals surface area contributed by atoms with Crippen molar-refractivity contribution in [1.82, 2.24) is 5.32 Å². The molecule has 482 valence electrons. The van der Waals surface area contributed by atoms with Crippen LogP contribution < -0.4 is 5.32 Å². The van der Waals surface area contributed by atoms with Crippen molar-refractivity contribution in [2.75, 3.05) is 20.8 Å². The van der Waals surface area contributed by atoms with E-state index in [4.69, 9.17) is 57.0 Å². The lowest BCUT2D eigenvalue weighted by atomic mass is 9.49. The molecule has 86 heavy (non-hydrogen) atoms. The van der Waals surface area contributed by atoms with Crippen LogP contribution in [0.1, 0.15) is 114 Å². The zero-order chi connectivity index (χ0) is 62.8. The van der Waals surface area contributed by atoms with Crippen molar-refractivity contribution in [3.05, 3.63) is 69.0 Å². The normalized spacial score (nSPS) is 48.0. The highest BCUT2D eigenvalue weighted by molar-refractivity contribution is 6.26. The van der Waals surface area contributed by atoms with E-state index in [1.54, 1.807) is 59.8 Å². The summed E-state index contributed by atoms with van der Waals surface area (Å²) in [5.74, 6) is -6.78. The number of aliphatic hydroxyl groups excluding tert-OH is 5. The molecular formula is C61H90N2O23. The third kappa shape index (κ3) is 12.1. The van der Waals surface area contributed by atoms with Gasteiger partial charge in [-0.05, 0) is 80.4 Å². The molecule has 1 amide bonds. The van der Waals surface area contributed by atoms with Gasteiger partial charge in [-0.2, -0.15) is 0 Å². The summed E-state index contributed by atoms with van der Waals surface area (Å²) in [7, 11) is 2.63. The summed E-state index contributed by atoms with van der Waals surface area (Å²) in [4.78, 5) is 60.5. The molecule has 5 aliphatic heterocycles. The number of allylic oxidation sites excluding steroid dienone is 2. The van der Waals surface area contributed by atoms with Gasteiger partial charge < -0.3 is 83.0 Å². The van der Waals surface area contributed by atoms with Crippen LogP contribution in [0.25, 0.3) is 0 Å². The molecule has 9 rings (SSSR count). The Morgan fingerprint density at radius 1 is 0.791 bits per heavy atom. The molecule has 0 aromatic heterocycles. The number of ketones is 1. The Labute approximate surface area is 501 Å². The second kappa shape index (κ2) is 25.9. The Bertz CT molecular complexity index is 2640. The SMILES string of the molecule is C=C1C(OO)C[C@H](O[C@H]2C[C@](C)([N+](=O)[O-])[C@@H](NC(=O)OC)[C@@H](C)O2)/C(C)=C/[C@@H]2C=C(CO)[C@H](C)C[C@]23OC(=O)C(=C(O)[C@@]2(C)[C@H]4[C@H](C=C[C@@H]12)[C@@H](O[C@H]1C[C@@H](O[C@@H]2C[C@@H](C)[C@H](O[C@H]5C[C@@H](O)[C@@H](OC)[C@H](C)O5)[C@H](O)O2)[C@@H](O)[C@H](C)O1)[C@@H](C)C[C@@H]4C)C3=O. The molecule has 1 spiro atoms. The van der Waals surface area contributed by atoms with Crippen molar-refractivity contribution in [1.29, 1.82) is 0 Å². The summed E-state index contributed by atoms with van der Waals surface area (Å²) < 4.78 is 67.4. The number of Topliss-reactive ketones (excluding diaryl/α,β-unsaturated/α-hetero) is 1. The van der Waals surface area contributed by atoms with Crippen molar-refractivity contribution >= 4 is 17.8 Å². The number of aliphatic hydroxyl groups is 5. The zero-order valence-electron chi connectivity index (χ0n) is 51.2. The quantitative estimate of drug-likeness (QED) is 0.0309. The van der Waals surface area contributed by atoms with E-state index in [-0.39, 0.29) is 68.5 Å². The van der Waals surface area contributed by atoms with Gasteiger partial charge in [-0.25, -0.2) is 14.5 Å². The van der Waals surface area contributed by atoms with Gasteiger partial charge in [0.25, 0.3) is 0 Å². The van der Waals surface area contributed by atoms with Crippen molar-refractivity contribution in [2.45, 2.75) is 230 Å². The molecule has 0 aromatic rings. The average molecular weight is 1220 g/mol. The van der Waals surface area contributed by atoms with Gasteiger partial charge in [-0.15, -0.1) is 0 Å². The number of alkyl carbamates (subject to hydrolysis) is 1. The minimum absolute atomic E-state index is 0.0374. The van der Waals surface area contributed by atoms with Gasteiger partial charge in [-0.1, -0.05) is 65.5 Å². The molecule has 25 heteroatoms. The molecule has 9 aliphatic rings. The van der Waals surface area contributed by atoms with Crippen LogP contribution in [0.3, 0.4) is 0 Å². The molecule has 6 fully saturated rings. The first-order valence-electron chi connectivity index (χ1n) is 30.2. The maximum absolute atomic E-state index is 15.6. The molecule has 5 heterocycles. The van der Waals surface area contributed by atoms with Crippen LogP contribution in [0.15, 0.2) is 58.9 Å². The zero-order valence-corrected chi connectivity index (χ0v) is 51.2. The van der Waals surface area contributed by atoms with Crippen molar-refractivity contribution in [3.63, 3.8) is 0 Å². The Morgan fingerprint density at radius 2 is 1.44 bits per heavy atom. The first-order valence-corrected chi connectivity index (χ1v) is 30.2. The predicted molar refractivity (Wildman–Crippen MR) is 300 cm³/mol. The minimum atomic E-state index is -1.92. The van der Waals surface area contributed by atoms with Crippen LogP contribution in [0, 0.1) is 62.9 Å². The number of esters is 1. The van der Waals surface area contributed by atoms with E-state index in [0.717, 1.165) is 7.11 Å². The van der Waals surface area contributed by atoms with Crippen LogP contribution in [0.4, 0.5) is 4.79 Å². The third-order valence-corrected chi connectivity index (χ3v) is 20.6. The lowest BCUT2D eigenvalue weighted by Crippen LogP contribution is -2.65. The summed E-state index contributed by atoms with van der Waals surface area (Å²) in [6, 6.07) is -1.15. The number of amides is 1. The number of methoxy groups -OCH3 is 2. The minimum Gasteiger partial charge on any atom is -0.511 e. The number of rotatable bonds is 13. The van der Waals surface area contributed by atoms with Gasteiger partial charge in [0.2, 0.25) is 11.3 Å². The number of nitrogens with zero attached hydrogens (tertiary/aromatic N) is 1. The summed E-state index contributed by atoms with van der Waals surface area (Å²) >= 11 is 0. The molecule has 0 radical (unpaired) electrons. The fourth-order valence-corrected chi connectivity index (χ4v) is 15.9. The molecular weight excluding hydrogens is 1130 g/mol. The second-order valence-electron chi connectivity index (χ2n) is 26.3. The van der Waals surface area contributed by atoms with E-state index < -0.39 is 185 Å². The molecule has 4 aliphatic carbocycles. The first kappa shape index (κ1) is 66.1. The van der Waals surface area contributed by atoms with Gasteiger partial charge in [0.1, 0.15) is 41.8 Å². The third-order valence-electron chi connectivity index (χ3n) is 20.6. The van der Waals surface area contributed by atoms with Crippen LogP contribution in [0.5, 0.6) is 0 Å². The van der Waals surface area contributed by atoms with E-state index in [2.05, 4.69) is 11.9 Å². The van der Waals surface area contributed by atoms with Crippen molar-refractivity contribution in [2.24, 2.45) is 52.8 Å². The van der Waals surface area contributed by atoms with Crippen LogP contribution in [-0.2, 0) is 66.6 Å². The maximum atomic E-state index is 15.6. The molecule has 5 saturated heterocycles. The van der Waals surface area contributed by atoms with Crippen LogP contribution >= 0.6 is 0 Å². The largest absolute Gasteiger partial charge is 0.511 e. The monoisotopic (exact) mass is 1220 g/mol. The maximum Gasteiger partial charge on any atom is 0.407 e. The number of nitro groups is 1. The van der Waals surface area contributed by atoms with Crippen LogP contribution in [-0.4, -0.2) is 190 Å². The Morgan fingerprint density at radius 3 is 2.08 bits per heavy atom. The number of hydrogen-bond acceptors (Lipinski definition) is 23. The summed E-state index contributed by atoms with van der Waals surface area (Å²) in [6.07, 6.45) is -8.58. The number of hydrogen-bond donors (Lipinski definition) is 7. The van der Waals surface area contributed by atoms with E-state index in [1.807, 2.05) is 26.8 Å². The first-order chi connectivity index (χ1) is 40.5. The highest BCUT2D eigenvalue weighted by Crippen LogP contribution is 2.61. The second-order valence-corrected chi connectivity index (χ2v) is 26.3. The molecule has 1 unspecified atom stereocenters. The Balaban J connectivity index is 1.02. The summed E-state index contributed by atoms with van der Waals surface area (Å²) in [6.45, 7) is 21.7. The fourth-order valence-electron chi connectivity index (χ4n) is 15.9. The van der Waals surface area contributed by atoms with Crippen molar-refractivity contribution < 1.29 is 107 Å². The Kier molecular flexibility index (Phi) is 19.9. The smallest absolute Gasteiger partial charge is 0.407 e. The lowest BCUT2D eigenvalue weighted by molar-refractivity contribution is -0.584. The number of nitrogens with one attached hydrogen (secondary N) is 1. The lowest BCUT2D eigenvalue weighted by Gasteiger charge is -2.57. The highest BCUT2D eigenvalue weighted by Gasteiger charge is 2.65. The molecule has 1 saturated carbocycles. The van der Waals surface area contributed by atoms with Crippen molar-refractivity contribution in [3.8, 4) is 0 Å². The number of carbonyl (C=O) groups is 3. The molecule has 2 bridgehead atoms. The molecule has 0 aromatic carbocycles. The average Bonchev–Trinajstić information content (AvgIpc) is 1.33. The van der Waals surface area contributed by atoms with Gasteiger partial charge in [0.05, 0.1) is 62.9 Å². The fraction of sp³-hybridized carbons (Fsp3) is 0.787. The number of ether oxygens (including phenoxy) is 11. The molecule has 28 atom stereocenters.